The number of nitrogens with one attached hydrogen (secondary N) is 1. The lowest BCUT2D eigenvalue weighted by atomic mass is 9.98. The van der Waals surface area contributed by atoms with Gasteiger partial charge in [0.05, 0.1) is 30.4 Å². The van der Waals surface area contributed by atoms with Crippen molar-refractivity contribution < 1.29 is 32.6 Å². The number of fused-ring (bicyclic) bond motifs is 1. The minimum atomic E-state index is -3.74. The zero-order chi connectivity index (χ0) is 27.4. The Kier molecular flexibility index (Phi) is 9.09. The van der Waals surface area contributed by atoms with Crippen LogP contribution in [0.3, 0.4) is 0 Å². The minimum absolute atomic E-state index is 0.0264. The summed E-state index contributed by atoms with van der Waals surface area (Å²) in [5.41, 5.74) is 0.600. The summed E-state index contributed by atoms with van der Waals surface area (Å²) in [4.78, 5) is 28.3. The average Bonchev–Trinajstić information content (AvgIpc) is 3.47. The summed E-state index contributed by atoms with van der Waals surface area (Å²) in [6, 6.07) is 7.75. The van der Waals surface area contributed by atoms with Crippen molar-refractivity contribution in [2.24, 2.45) is 11.8 Å². The number of hydrogen-bond donors (Lipinski definition) is 2. The molecule has 38 heavy (non-hydrogen) atoms. The van der Waals surface area contributed by atoms with Crippen molar-refractivity contribution in [1.29, 1.82) is 0 Å². The van der Waals surface area contributed by atoms with Gasteiger partial charge in [-0.2, -0.15) is 4.31 Å². The van der Waals surface area contributed by atoms with Gasteiger partial charge in [-0.05, 0) is 43.3 Å². The molecule has 2 aromatic rings. The van der Waals surface area contributed by atoms with Gasteiger partial charge in [-0.3, -0.25) is 9.59 Å². The number of anilines is 1. The van der Waals surface area contributed by atoms with Gasteiger partial charge < -0.3 is 24.8 Å². The third-order valence-corrected chi connectivity index (χ3v) is 10.3. The minimum Gasteiger partial charge on any atom is -0.486 e. The van der Waals surface area contributed by atoms with E-state index < -0.39 is 22.2 Å². The number of carbonyl (C=O) groups excluding carboxylic acids is 2. The standard InChI is InChI=1S/C26H35N3O7S2/c1-17-14-29(18(2)16-30)26(32)20-6-4-7-21(27-25(31)19-9-11-35-12-10-19)24(20)36-22(17)15-28(3)38(33,34)23-8-5-13-37-23/h4-8,13,17-19,22,30H,9-12,14-16H2,1-3H3,(H,27,31)/t17-,18+,22-/m0/s1. The monoisotopic (exact) mass is 565 g/mol. The number of nitrogens with zero attached hydrogens (tertiary/aromatic N) is 2. The number of para-hydroxylation sites is 1. The first-order valence-corrected chi connectivity index (χ1v) is 15.1. The van der Waals surface area contributed by atoms with E-state index in [1.807, 2.05) is 6.92 Å². The lowest BCUT2D eigenvalue weighted by molar-refractivity contribution is -0.122. The van der Waals surface area contributed by atoms with Crippen LogP contribution in [0, 0.1) is 11.8 Å². The van der Waals surface area contributed by atoms with Crippen LogP contribution in [0.4, 0.5) is 5.69 Å². The molecule has 0 aliphatic carbocycles. The van der Waals surface area contributed by atoms with Gasteiger partial charge in [0.2, 0.25) is 5.91 Å². The van der Waals surface area contributed by atoms with E-state index in [1.165, 1.54) is 11.4 Å². The fourth-order valence-corrected chi connectivity index (χ4v) is 7.05. The Balaban J connectivity index is 1.69. The van der Waals surface area contributed by atoms with Crippen LogP contribution in [-0.2, 0) is 19.6 Å². The molecule has 3 heterocycles. The smallest absolute Gasteiger partial charge is 0.258 e. The number of amides is 2. The number of ether oxygens (including phenoxy) is 2. The predicted octanol–water partition coefficient (Wildman–Crippen LogP) is 2.65. The zero-order valence-electron chi connectivity index (χ0n) is 21.8. The molecule has 0 spiro atoms. The molecule has 10 nitrogen and oxygen atoms in total. The molecule has 0 unspecified atom stereocenters. The van der Waals surface area contributed by atoms with Gasteiger partial charge in [-0.25, -0.2) is 8.42 Å². The van der Waals surface area contributed by atoms with Crippen molar-refractivity contribution in [3.63, 3.8) is 0 Å². The maximum Gasteiger partial charge on any atom is 0.258 e. The molecular formula is C26H35N3O7S2. The quantitative estimate of drug-likeness (QED) is 0.504. The molecule has 3 atom stereocenters. The van der Waals surface area contributed by atoms with Crippen molar-refractivity contribution in [2.45, 2.75) is 43.0 Å². The number of hydrogen-bond acceptors (Lipinski definition) is 8. The SMILES string of the molecule is C[C@H](CO)N1C[C@H](C)[C@H](CN(C)S(=O)(=O)c2cccs2)Oc2c(NC(=O)C3CCOCC3)cccc2C1=O. The second kappa shape index (κ2) is 12.1. The van der Waals surface area contributed by atoms with E-state index in [4.69, 9.17) is 9.47 Å². The zero-order valence-corrected chi connectivity index (χ0v) is 23.5. The molecular weight excluding hydrogens is 530 g/mol. The largest absolute Gasteiger partial charge is 0.486 e. The number of thiophene rings is 1. The Labute approximate surface area is 227 Å². The number of aliphatic hydroxyl groups excluding tert-OH is 1. The lowest BCUT2D eigenvalue weighted by Crippen LogP contribution is -2.50. The van der Waals surface area contributed by atoms with Crippen LogP contribution in [0.5, 0.6) is 5.75 Å². The van der Waals surface area contributed by atoms with Crippen LogP contribution in [0.25, 0.3) is 0 Å². The molecule has 1 aromatic carbocycles. The van der Waals surface area contributed by atoms with Gasteiger partial charge in [0.15, 0.2) is 5.75 Å². The second-order valence-corrected chi connectivity index (χ2v) is 13.1. The summed E-state index contributed by atoms with van der Waals surface area (Å²) in [7, 11) is -2.23. The highest BCUT2D eigenvalue weighted by Crippen LogP contribution is 2.36. The van der Waals surface area contributed by atoms with Crippen LogP contribution in [0.15, 0.2) is 39.9 Å². The number of likely N-dealkylation sites (N-methyl/N-ethyl adjacent to an activating group) is 1. The summed E-state index contributed by atoms with van der Waals surface area (Å²) in [5.74, 6) is -0.810. The van der Waals surface area contributed by atoms with Gasteiger partial charge in [-0.1, -0.05) is 19.1 Å². The molecule has 1 fully saturated rings. The number of rotatable bonds is 8. The van der Waals surface area contributed by atoms with E-state index in [-0.39, 0.29) is 58.9 Å². The van der Waals surface area contributed by atoms with E-state index in [9.17, 15) is 23.1 Å². The molecule has 12 heteroatoms. The molecule has 208 valence electrons. The molecule has 2 N–H and O–H groups in total. The first-order valence-electron chi connectivity index (χ1n) is 12.7. The highest BCUT2D eigenvalue weighted by Gasteiger charge is 2.36. The maximum absolute atomic E-state index is 13.6. The van der Waals surface area contributed by atoms with Gasteiger partial charge in [0.1, 0.15) is 10.3 Å². The Bertz CT molecular complexity index is 1230. The Morgan fingerprint density at radius 3 is 2.66 bits per heavy atom. The molecule has 2 amide bonds. The van der Waals surface area contributed by atoms with E-state index in [0.717, 1.165) is 11.3 Å². The molecule has 1 aromatic heterocycles. The number of benzene rings is 1. The molecule has 0 bridgehead atoms. The van der Waals surface area contributed by atoms with Crippen molar-refractivity contribution in [2.75, 3.05) is 45.3 Å². The molecule has 0 saturated carbocycles. The van der Waals surface area contributed by atoms with Gasteiger partial charge in [0.25, 0.3) is 15.9 Å². The number of carbonyl (C=O) groups is 2. The summed E-state index contributed by atoms with van der Waals surface area (Å²) in [6.45, 7) is 4.72. The fraction of sp³-hybridized carbons (Fsp3) is 0.538. The normalized spacial score (nSPS) is 21.8. The molecule has 4 rings (SSSR count). The van der Waals surface area contributed by atoms with Gasteiger partial charge >= 0.3 is 0 Å². The summed E-state index contributed by atoms with van der Waals surface area (Å²) >= 11 is 1.14. The fourth-order valence-electron chi connectivity index (χ4n) is 4.67. The van der Waals surface area contributed by atoms with Crippen LogP contribution < -0.4 is 10.1 Å². The topological polar surface area (TPSA) is 125 Å². The lowest BCUT2D eigenvalue weighted by Gasteiger charge is -2.38. The third-order valence-electron chi connectivity index (χ3n) is 7.14. The third kappa shape index (κ3) is 6.04. The van der Waals surface area contributed by atoms with Crippen LogP contribution in [0.2, 0.25) is 0 Å². The average molecular weight is 566 g/mol. The van der Waals surface area contributed by atoms with Gasteiger partial charge in [-0.15, -0.1) is 11.3 Å². The first kappa shape index (κ1) is 28.5. The van der Waals surface area contributed by atoms with Crippen LogP contribution >= 0.6 is 11.3 Å². The molecule has 2 aliphatic rings. The van der Waals surface area contributed by atoms with Crippen LogP contribution in [-0.4, -0.2) is 86.6 Å². The molecule has 2 aliphatic heterocycles. The highest BCUT2D eigenvalue weighted by atomic mass is 32.2. The maximum atomic E-state index is 13.6. The summed E-state index contributed by atoms with van der Waals surface area (Å²) in [6.07, 6.45) is 0.567. The van der Waals surface area contributed by atoms with E-state index >= 15 is 0 Å². The van der Waals surface area contributed by atoms with Crippen molar-refractivity contribution in [3.05, 3.63) is 41.3 Å². The predicted molar refractivity (Wildman–Crippen MR) is 144 cm³/mol. The van der Waals surface area contributed by atoms with Gasteiger partial charge in [0, 0.05) is 38.6 Å². The van der Waals surface area contributed by atoms with Crippen molar-refractivity contribution in [3.8, 4) is 5.75 Å². The Morgan fingerprint density at radius 1 is 1.26 bits per heavy atom. The highest BCUT2D eigenvalue weighted by molar-refractivity contribution is 7.91. The summed E-state index contributed by atoms with van der Waals surface area (Å²) in [5, 5.41) is 14.5. The Hall–Kier alpha value is -2.51. The van der Waals surface area contributed by atoms with Crippen molar-refractivity contribution in [1.82, 2.24) is 9.21 Å². The van der Waals surface area contributed by atoms with Crippen molar-refractivity contribution >= 4 is 38.9 Å². The van der Waals surface area contributed by atoms with E-state index in [2.05, 4.69) is 5.32 Å². The molecule has 0 radical (unpaired) electrons. The molecule has 1 saturated heterocycles. The Morgan fingerprint density at radius 2 is 2.00 bits per heavy atom. The second-order valence-electron chi connectivity index (χ2n) is 9.90. The number of aliphatic hydroxyl groups is 1. The number of sulfonamides is 1. The summed E-state index contributed by atoms with van der Waals surface area (Å²) < 4.78 is 39.6. The van der Waals surface area contributed by atoms with Crippen LogP contribution in [0.1, 0.15) is 37.0 Å². The van der Waals surface area contributed by atoms with E-state index in [1.54, 1.807) is 47.5 Å². The first-order chi connectivity index (χ1) is 18.1. The van der Waals surface area contributed by atoms with E-state index in [0.29, 0.717) is 31.7 Å².